The Morgan fingerprint density at radius 3 is 2.52 bits per heavy atom. The number of benzene rings is 2. The molecule has 0 radical (unpaired) electrons. The number of hydrogen-bond donors (Lipinski definition) is 1. The normalized spacial score (nSPS) is 20.6. The van der Waals surface area contributed by atoms with Crippen LogP contribution in [0.25, 0.3) is 0 Å². The Morgan fingerprint density at radius 2 is 1.80 bits per heavy atom. The zero-order valence-electron chi connectivity index (χ0n) is 23.2. The number of nitrogens with one attached hydrogen (secondary N) is 1. The van der Waals surface area contributed by atoms with E-state index in [4.69, 9.17) is 9.15 Å². The smallest absolute Gasteiger partial charge is 0.290 e. The van der Waals surface area contributed by atoms with E-state index >= 15 is 0 Å². The van der Waals surface area contributed by atoms with Crippen molar-refractivity contribution < 1.29 is 23.5 Å². The molecule has 8 heteroatoms. The van der Waals surface area contributed by atoms with Crippen molar-refractivity contribution in [2.24, 2.45) is 0 Å². The molecule has 0 spiro atoms. The van der Waals surface area contributed by atoms with E-state index in [0.29, 0.717) is 30.8 Å². The Labute approximate surface area is 235 Å². The zero-order chi connectivity index (χ0) is 28.1. The maximum absolute atomic E-state index is 14.0. The molecule has 8 nitrogen and oxygen atoms in total. The molecule has 1 saturated heterocycles. The van der Waals surface area contributed by atoms with Crippen LogP contribution < -0.4 is 10.1 Å². The fourth-order valence-corrected chi connectivity index (χ4v) is 6.00. The molecule has 0 bridgehead atoms. The molecule has 1 aliphatic carbocycles. The summed E-state index contributed by atoms with van der Waals surface area (Å²) in [6.45, 7) is 3.00. The SMILES string of the molecule is COc1ccc(C(=O)N(Cc2cccc(C)c2)[C@@H]2CCCC[C@H]2NC(=O)[C@@H]2CCCN2C(=O)c2ccco2)cc1. The first-order valence-corrected chi connectivity index (χ1v) is 14.1. The molecule has 2 aromatic carbocycles. The van der Waals surface area contributed by atoms with E-state index in [-0.39, 0.29) is 35.6 Å². The number of furan rings is 1. The lowest BCUT2D eigenvalue weighted by molar-refractivity contribution is -0.126. The van der Waals surface area contributed by atoms with Gasteiger partial charge in [-0.25, -0.2) is 0 Å². The van der Waals surface area contributed by atoms with Crippen molar-refractivity contribution in [1.82, 2.24) is 15.1 Å². The van der Waals surface area contributed by atoms with E-state index in [0.717, 1.165) is 43.2 Å². The molecule has 0 unspecified atom stereocenters. The van der Waals surface area contributed by atoms with Crippen LogP contribution in [0.5, 0.6) is 5.75 Å². The molecule has 2 heterocycles. The number of carbonyl (C=O) groups excluding carboxylic acids is 3. The van der Waals surface area contributed by atoms with Crippen molar-refractivity contribution in [3.8, 4) is 5.75 Å². The first kappa shape index (κ1) is 27.5. The molecule has 1 N–H and O–H groups in total. The van der Waals surface area contributed by atoms with E-state index in [2.05, 4.69) is 11.4 Å². The van der Waals surface area contributed by atoms with Gasteiger partial charge in [-0.1, -0.05) is 42.7 Å². The number of hydrogen-bond acceptors (Lipinski definition) is 5. The molecule has 3 amide bonds. The zero-order valence-corrected chi connectivity index (χ0v) is 23.2. The van der Waals surface area contributed by atoms with E-state index in [1.165, 1.54) is 6.26 Å². The number of rotatable bonds is 8. The minimum atomic E-state index is -0.553. The van der Waals surface area contributed by atoms with Crippen molar-refractivity contribution in [3.63, 3.8) is 0 Å². The summed E-state index contributed by atoms with van der Waals surface area (Å²) >= 11 is 0. The molecular formula is C32H37N3O5. The summed E-state index contributed by atoms with van der Waals surface area (Å²) < 4.78 is 10.6. The first-order valence-electron chi connectivity index (χ1n) is 14.1. The average molecular weight is 544 g/mol. The predicted molar refractivity (Wildman–Crippen MR) is 151 cm³/mol. The van der Waals surface area contributed by atoms with Crippen molar-refractivity contribution in [1.29, 1.82) is 0 Å². The second kappa shape index (κ2) is 12.4. The molecule has 40 heavy (non-hydrogen) atoms. The van der Waals surface area contributed by atoms with Crippen molar-refractivity contribution in [3.05, 3.63) is 89.4 Å². The fraction of sp³-hybridized carbons (Fsp3) is 0.406. The van der Waals surface area contributed by atoms with Gasteiger partial charge in [0.15, 0.2) is 5.76 Å². The summed E-state index contributed by atoms with van der Waals surface area (Å²) in [5, 5.41) is 3.27. The summed E-state index contributed by atoms with van der Waals surface area (Å²) in [6, 6.07) is 17.7. The quantitative estimate of drug-likeness (QED) is 0.433. The topological polar surface area (TPSA) is 92.1 Å². The van der Waals surface area contributed by atoms with E-state index in [1.807, 2.05) is 30.0 Å². The van der Waals surface area contributed by atoms with Crippen molar-refractivity contribution in [2.45, 2.75) is 70.1 Å². The van der Waals surface area contributed by atoms with Gasteiger partial charge in [0, 0.05) is 24.7 Å². The maximum atomic E-state index is 14.0. The van der Waals surface area contributed by atoms with Crippen LogP contribution >= 0.6 is 0 Å². The Kier molecular flexibility index (Phi) is 8.53. The Balaban J connectivity index is 1.38. The van der Waals surface area contributed by atoms with E-state index < -0.39 is 6.04 Å². The van der Waals surface area contributed by atoms with Gasteiger partial charge in [0.25, 0.3) is 11.8 Å². The van der Waals surface area contributed by atoms with Gasteiger partial charge < -0.3 is 24.3 Å². The van der Waals surface area contributed by atoms with Crippen molar-refractivity contribution >= 4 is 17.7 Å². The van der Waals surface area contributed by atoms with Gasteiger partial charge in [-0.15, -0.1) is 0 Å². The van der Waals surface area contributed by atoms with Crippen LogP contribution in [0, 0.1) is 6.92 Å². The number of likely N-dealkylation sites (tertiary alicyclic amines) is 1. The van der Waals surface area contributed by atoms with Gasteiger partial charge in [-0.3, -0.25) is 14.4 Å². The highest BCUT2D eigenvalue weighted by molar-refractivity contribution is 5.96. The average Bonchev–Trinajstić information content (AvgIpc) is 3.69. The minimum absolute atomic E-state index is 0.0780. The van der Waals surface area contributed by atoms with Gasteiger partial charge in [0.1, 0.15) is 11.8 Å². The molecule has 3 atom stereocenters. The van der Waals surface area contributed by atoms with Gasteiger partial charge in [0.05, 0.1) is 19.4 Å². The molecule has 1 aliphatic heterocycles. The van der Waals surface area contributed by atoms with Crippen LogP contribution in [-0.2, 0) is 11.3 Å². The second-order valence-electron chi connectivity index (χ2n) is 10.8. The van der Waals surface area contributed by atoms with Gasteiger partial charge >= 0.3 is 0 Å². The summed E-state index contributed by atoms with van der Waals surface area (Å²) in [4.78, 5) is 44.2. The van der Waals surface area contributed by atoms with Crippen molar-refractivity contribution in [2.75, 3.05) is 13.7 Å². The van der Waals surface area contributed by atoms with Crippen LogP contribution in [-0.4, -0.2) is 59.3 Å². The number of carbonyl (C=O) groups is 3. The lowest BCUT2D eigenvalue weighted by Crippen LogP contribution is -2.57. The minimum Gasteiger partial charge on any atom is -0.497 e. The first-order chi connectivity index (χ1) is 19.4. The van der Waals surface area contributed by atoms with Crippen LogP contribution in [0.3, 0.4) is 0 Å². The molecule has 3 aromatic rings. The van der Waals surface area contributed by atoms with Gasteiger partial charge in [-0.2, -0.15) is 0 Å². The third-order valence-electron chi connectivity index (χ3n) is 8.04. The summed E-state index contributed by atoms with van der Waals surface area (Å²) in [5.41, 5.74) is 2.75. The molecule has 2 fully saturated rings. The molecule has 5 rings (SSSR count). The molecule has 2 aliphatic rings. The van der Waals surface area contributed by atoms with Gasteiger partial charge in [0.2, 0.25) is 5.91 Å². The lowest BCUT2D eigenvalue weighted by atomic mass is 9.88. The third kappa shape index (κ3) is 6.06. The molecule has 1 aromatic heterocycles. The molecular weight excluding hydrogens is 506 g/mol. The molecule has 210 valence electrons. The lowest BCUT2D eigenvalue weighted by Gasteiger charge is -2.41. The summed E-state index contributed by atoms with van der Waals surface area (Å²) in [7, 11) is 1.60. The van der Waals surface area contributed by atoms with Crippen LogP contribution in [0.4, 0.5) is 0 Å². The van der Waals surface area contributed by atoms with E-state index in [9.17, 15) is 14.4 Å². The highest BCUT2D eigenvalue weighted by atomic mass is 16.5. The largest absolute Gasteiger partial charge is 0.497 e. The van der Waals surface area contributed by atoms with Gasteiger partial charge in [-0.05, 0) is 74.6 Å². The standard InChI is InChI=1S/C32H37N3O5/c1-22-8-5-9-23(20-22)21-35(31(37)24-14-16-25(39-2)17-15-24)27-11-4-3-10-26(27)33-30(36)28-12-6-18-34(28)32(38)29-13-7-19-40-29/h5,7-9,13-17,19-20,26-28H,3-4,6,10-12,18,21H2,1-2H3,(H,33,36)/t26-,27-,28+/m1/s1. The molecule has 1 saturated carbocycles. The second-order valence-corrected chi connectivity index (χ2v) is 10.8. The number of ether oxygens (including phenoxy) is 1. The highest BCUT2D eigenvalue weighted by Gasteiger charge is 2.39. The summed E-state index contributed by atoms with van der Waals surface area (Å²) in [5.74, 6) is 0.422. The predicted octanol–water partition coefficient (Wildman–Crippen LogP) is 4.97. The number of amides is 3. The van der Waals surface area contributed by atoms with Crippen LogP contribution in [0.15, 0.2) is 71.3 Å². The Bertz CT molecular complexity index is 1320. The fourth-order valence-electron chi connectivity index (χ4n) is 6.00. The monoisotopic (exact) mass is 543 g/mol. The van der Waals surface area contributed by atoms with E-state index in [1.54, 1.807) is 48.4 Å². The number of nitrogens with zero attached hydrogens (tertiary/aromatic N) is 2. The third-order valence-corrected chi connectivity index (χ3v) is 8.04. The summed E-state index contributed by atoms with van der Waals surface area (Å²) in [6.07, 6.45) is 6.34. The Morgan fingerprint density at radius 1 is 1.00 bits per heavy atom. The Hall–Kier alpha value is -4.07. The van der Waals surface area contributed by atoms with Crippen LogP contribution in [0.1, 0.15) is 70.6 Å². The highest BCUT2D eigenvalue weighted by Crippen LogP contribution is 2.28. The number of aryl methyl sites for hydroxylation is 1. The maximum Gasteiger partial charge on any atom is 0.290 e. The van der Waals surface area contributed by atoms with Crippen LogP contribution in [0.2, 0.25) is 0 Å². The number of methoxy groups -OCH3 is 1.